The van der Waals surface area contributed by atoms with Crippen LogP contribution in [0.5, 0.6) is 11.5 Å². The smallest absolute Gasteiger partial charge is 0.262 e. The number of carbonyl (C=O) groups is 2. The van der Waals surface area contributed by atoms with Gasteiger partial charge in [0.15, 0.2) is 6.61 Å². The summed E-state index contributed by atoms with van der Waals surface area (Å²) in [5.74, 6) is 1.11. The molecule has 0 aromatic heterocycles. The van der Waals surface area contributed by atoms with Gasteiger partial charge in [-0.25, -0.2) is 0 Å². The number of hydrogen-bond acceptors (Lipinski definition) is 5. The molecule has 0 atom stereocenters. The van der Waals surface area contributed by atoms with Crippen LogP contribution in [-0.2, 0) is 9.59 Å². The highest BCUT2D eigenvalue weighted by Crippen LogP contribution is 2.29. The van der Waals surface area contributed by atoms with Gasteiger partial charge in [0.05, 0.1) is 17.8 Å². The Kier molecular flexibility index (Phi) is 6.82. The number of benzene rings is 2. The summed E-state index contributed by atoms with van der Waals surface area (Å²) in [4.78, 5) is 27.6. The second kappa shape index (κ2) is 9.52. The number of piperazine rings is 1. The fraction of sp³-hybridized carbons (Fsp3) is 0.333. The summed E-state index contributed by atoms with van der Waals surface area (Å²) in [7, 11) is 1.59. The summed E-state index contributed by atoms with van der Waals surface area (Å²) in [6, 6.07) is 12.4. The monoisotopic (exact) mass is 417 g/mol. The summed E-state index contributed by atoms with van der Waals surface area (Å²) >= 11 is 6.43. The predicted octanol–water partition coefficient (Wildman–Crippen LogP) is 3.03. The van der Waals surface area contributed by atoms with Crippen LogP contribution in [0.15, 0.2) is 42.5 Å². The molecule has 1 heterocycles. The normalized spacial score (nSPS) is 13.8. The van der Waals surface area contributed by atoms with Gasteiger partial charge in [-0.15, -0.1) is 0 Å². The molecule has 0 radical (unpaired) electrons. The zero-order valence-corrected chi connectivity index (χ0v) is 17.2. The second-order valence-corrected chi connectivity index (χ2v) is 7.08. The Labute approximate surface area is 175 Å². The number of rotatable bonds is 6. The van der Waals surface area contributed by atoms with E-state index in [4.69, 9.17) is 21.1 Å². The SMILES string of the molecule is COc1ccc(OCC(=O)Nc2ccc(N3CCN(C(C)=O)CC3)c(Cl)c2)cc1. The van der Waals surface area contributed by atoms with E-state index in [0.717, 1.165) is 24.5 Å². The first-order valence-corrected chi connectivity index (χ1v) is 9.71. The third kappa shape index (κ3) is 5.54. The quantitative estimate of drug-likeness (QED) is 0.782. The van der Waals surface area contributed by atoms with Gasteiger partial charge in [-0.3, -0.25) is 9.59 Å². The minimum absolute atomic E-state index is 0.0886. The van der Waals surface area contributed by atoms with Crippen LogP contribution in [0, 0.1) is 0 Å². The average molecular weight is 418 g/mol. The van der Waals surface area contributed by atoms with E-state index in [-0.39, 0.29) is 18.4 Å². The molecule has 0 spiro atoms. The first-order valence-electron chi connectivity index (χ1n) is 9.33. The molecular weight excluding hydrogens is 394 g/mol. The van der Waals surface area contributed by atoms with Crippen LogP contribution in [0.25, 0.3) is 0 Å². The maximum atomic E-state index is 12.2. The Hall–Kier alpha value is -2.93. The third-order valence-corrected chi connectivity index (χ3v) is 5.03. The molecule has 1 saturated heterocycles. The molecule has 2 aromatic rings. The van der Waals surface area contributed by atoms with Crippen LogP contribution in [0.1, 0.15) is 6.92 Å². The average Bonchev–Trinajstić information content (AvgIpc) is 2.73. The lowest BCUT2D eigenvalue weighted by atomic mass is 10.2. The van der Waals surface area contributed by atoms with Crippen LogP contribution in [0.4, 0.5) is 11.4 Å². The molecule has 154 valence electrons. The molecule has 2 aromatic carbocycles. The van der Waals surface area contributed by atoms with Crippen LogP contribution < -0.4 is 19.7 Å². The Balaban J connectivity index is 1.53. The van der Waals surface area contributed by atoms with E-state index in [1.807, 2.05) is 17.0 Å². The summed E-state index contributed by atoms with van der Waals surface area (Å²) in [5, 5.41) is 3.33. The van der Waals surface area contributed by atoms with E-state index >= 15 is 0 Å². The molecule has 0 bridgehead atoms. The van der Waals surface area contributed by atoms with Crippen molar-refractivity contribution >= 4 is 34.8 Å². The lowest BCUT2D eigenvalue weighted by Crippen LogP contribution is -2.48. The van der Waals surface area contributed by atoms with Crippen molar-refractivity contribution in [3.05, 3.63) is 47.5 Å². The molecule has 2 amide bonds. The minimum atomic E-state index is -0.278. The largest absolute Gasteiger partial charge is 0.497 e. The van der Waals surface area contributed by atoms with Gasteiger partial charge >= 0.3 is 0 Å². The first kappa shape index (κ1) is 20.8. The molecule has 29 heavy (non-hydrogen) atoms. The van der Waals surface area contributed by atoms with Gasteiger partial charge in [0.1, 0.15) is 11.5 Å². The number of ether oxygens (including phenoxy) is 2. The molecule has 8 heteroatoms. The fourth-order valence-corrected chi connectivity index (χ4v) is 3.42. The van der Waals surface area contributed by atoms with E-state index in [0.29, 0.717) is 29.5 Å². The maximum Gasteiger partial charge on any atom is 0.262 e. The highest BCUT2D eigenvalue weighted by molar-refractivity contribution is 6.33. The van der Waals surface area contributed by atoms with Crippen molar-refractivity contribution in [3.8, 4) is 11.5 Å². The zero-order valence-electron chi connectivity index (χ0n) is 16.5. The molecular formula is C21H24ClN3O4. The zero-order chi connectivity index (χ0) is 20.8. The predicted molar refractivity (Wildman–Crippen MR) is 113 cm³/mol. The standard InChI is InChI=1S/C21H24ClN3O4/c1-15(26)24-9-11-25(12-10-24)20-8-3-16(13-19(20)22)23-21(27)14-29-18-6-4-17(28-2)5-7-18/h3-8,13H,9-12,14H2,1-2H3,(H,23,27). The minimum Gasteiger partial charge on any atom is -0.497 e. The van der Waals surface area contributed by atoms with Crippen molar-refractivity contribution in [1.29, 1.82) is 0 Å². The second-order valence-electron chi connectivity index (χ2n) is 6.67. The molecule has 1 fully saturated rings. The van der Waals surface area contributed by atoms with Crippen molar-refractivity contribution in [2.24, 2.45) is 0 Å². The van der Waals surface area contributed by atoms with E-state index < -0.39 is 0 Å². The molecule has 0 aliphatic carbocycles. The Morgan fingerprint density at radius 1 is 1.03 bits per heavy atom. The number of carbonyl (C=O) groups excluding carboxylic acids is 2. The molecule has 1 aliphatic rings. The van der Waals surface area contributed by atoms with Gasteiger partial charge in [-0.2, -0.15) is 0 Å². The first-order chi connectivity index (χ1) is 14.0. The number of halogens is 1. The van der Waals surface area contributed by atoms with Gasteiger partial charge in [0.2, 0.25) is 5.91 Å². The molecule has 1 N–H and O–H groups in total. The summed E-state index contributed by atoms with van der Waals surface area (Å²) in [6.45, 7) is 4.26. The maximum absolute atomic E-state index is 12.2. The van der Waals surface area contributed by atoms with Crippen LogP contribution in [0.3, 0.4) is 0 Å². The molecule has 1 aliphatic heterocycles. The van der Waals surface area contributed by atoms with Gasteiger partial charge in [0, 0.05) is 38.8 Å². The van der Waals surface area contributed by atoms with Crippen LogP contribution in [0.2, 0.25) is 5.02 Å². The topological polar surface area (TPSA) is 71.1 Å². The van der Waals surface area contributed by atoms with Gasteiger partial charge in [-0.1, -0.05) is 11.6 Å². The van der Waals surface area contributed by atoms with Crippen molar-refractivity contribution in [2.75, 3.05) is 50.1 Å². The van der Waals surface area contributed by atoms with E-state index in [2.05, 4.69) is 10.2 Å². The molecule has 0 saturated carbocycles. The Morgan fingerprint density at radius 2 is 1.69 bits per heavy atom. The van der Waals surface area contributed by atoms with Crippen LogP contribution in [-0.4, -0.2) is 56.6 Å². The fourth-order valence-electron chi connectivity index (χ4n) is 3.12. The number of methoxy groups -OCH3 is 1. The summed E-state index contributed by atoms with van der Waals surface area (Å²) < 4.78 is 10.6. The molecule has 7 nitrogen and oxygen atoms in total. The van der Waals surface area contributed by atoms with E-state index in [1.165, 1.54) is 0 Å². The van der Waals surface area contributed by atoms with E-state index in [1.54, 1.807) is 44.4 Å². The molecule has 0 unspecified atom stereocenters. The van der Waals surface area contributed by atoms with Crippen molar-refractivity contribution < 1.29 is 19.1 Å². The van der Waals surface area contributed by atoms with Gasteiger partial charge in [0.25, 0.3) is 5.91 Å². The third-order valence-electron chi connectivity index (χ3n) is 4.73. The summed E-state index contributed by atoms with van der Waals surface area (Å²) in [6.07, 6.45) is 0. The number of amides is 2. The number of hydrogen-bond donors (Lipinski definition) is 1. The lowest BCUT2D eigenvalue weighted by molar-refractivity contribution is -0.129. The van der Waals surface area contributed by atoms with Crippen molar-refractivity contribution in [3.63, 3.8) is 0 Å². The highest BCUT2D eigenvalue weighted by Gasteiger charge is 2.20. The van der Waals surface area contributed by atoms with E-state index in [9.17, 15) is 9.59 Å². The summed E-state index contributed by atoms with van der Waals surface area (Å²) in [5.41, 5.74) is 1.49. The molecule has 3 rings (SSSR count). The number of nitrogens with zero attached hydrogens (tertiary/aromatic N) is 2. The number of nitrogens with one attached hydrogen (secondary N) is 1. The lowest BCUT2D eigenvalue weighted by Gasteiger charge is -2.36. The van der Waals surface area contributed by atoms with Gasteiger partial charge in [-0.05, 0) is 42.5 Å². The van der Waals surface area contributed by atoms with Gasteiger partial charge < -0.3 is 24.6 Å². The Bertz CT molecular complexity index is 865. The van der Waals surface area contributed by atoms with Crippen LogP contribution >= 0.6 is 11.6 Å². The Morgan fingerprint density at radius 3 is 2.28 bits per heavy atom. The van der Waals surface area contributed by atoms with Crippen molar-refractivity contribution in [2.45, 2.75) is 6.92 Å². The number of anilines is 2. The van der Waals surface area contributed by atoms with Crippen molar-refractivity contribution in [1.82, 2.24) is 4.90 Å². The highest BCUT2D eigenvalue weighted by atomic mass is 35.5.